The maximum Gasteiger partial charge on any atom is 0.0814 e. The first-order valence-corrected chi connectivity index (χ1v) is 0. The molecule has 0 saturated carbocycles. The minimum atomic E-state index is 0. The monoisotopic (exact) mass is 88.1 g/mol. The first-order valence-electron chi connectivity index (χ1n) is 0. The van der Waals surface area contributed by atoms with E-state index in [-0.39, 0.29) is 29.5 Å². The van der Waals surface area contributed by atoms with Gasteiger partial charge in [-0.15, -0.1) is 0 Å². The molecule has 38 valence electrons. The van der Waals surface area contributed by atoms with E-state index in [9.17, 15) is 0 Å². The van der Waals surface area contributed by atoms with Gasteiger partial charge in [-0.2, -0.15) is 0 Å². The second-order valence-electron chi connectivity index (χ2n) is 0. The molecule has 6 N–H and O–H groups in total. The van der Waals surface area contributed by atoms with E-state index in [1.807, 2.05) is 0 Å². The average Bonchev–Trinajstić information content (AvgIpc) is 0. The molecule has 0 spiro atoms. The van der Waals surface area contributed by atoms with E-state index >= 15 is 0 Å². The van der Waals surface area contributed by atoms with Crippen LogP contribution in [0.15, 0.2) is 0 Å². The zero-order valence-corrected chi connectivity index (χ0v) is 1.91. The molecule has 0 fully saturated rings. The van der Waals surface area contributed by atoms with Crippen LogP contribution in [-0.2, 0) is 0 Å². The molecule has 0 aliphatic carbocycles. The molecule has 0 heterocycles. The Balaban J connectivity index is 0. The molecule has 0 atom stereocenters. The van der Waals surface area contributed by atoms with E-state index in [0.717, 1.165) is 0 Å². The average molecular weight is 87.9 g/mol. The fourth-order valence-electron chi connectivity index (χ4n) is 0. The molecule has 3 nitrogen and oxygen atoms in total. The highest BCUT2D eigenvalue weighted by atomic mass is 19.0. The summed E-state index contributed by atoms with van der Waals surface area (Å²) < 4.78 is 0. The van der Waals surface area contributed by atoms with Crippen molar-refractivity contribution in [3.05, 3.63) is 0 Å². The van der Waals surface area contributed by atoms with Crippen molar-refractivity contribution in [3.63, 3.8) is 0 Å². The summed E-state index contributed by atoms with van der Waals surface area (Å²) in [5.41, 5.74) is 0. The van der Waals surface area contributed by atoms with Gasteiger partial charge in [-0.1, -0.05) is 0 Å². The number of hydrogen-bond acceptors (Lipinski definition) is 0. The van der Waals surface area contributed by atoms with E-state index in [2.05, 4.69) is 0 Å². The largest absolute Gasteiger partial charge is 0.412 e. The summed E-state index contributed by atoms with van der Waals surface area (Å²) >= 11 is 0. The molecule has 5 heteroatoms. The second kappa shape index (κ2) is 2050. The highest BCUT2D eigenvalue weighted by Gasteiger charge is 0.0814. The van der Waals surface area contributed by atoms with Crippen LogP contribution in [0.25, 0.3) is 0 Å². The lowest BCUT2D eigenvalue weighted by molar-refractivity contribution is 0.823. The molecule has 0 saturated heterocycles. The maximum absolute atomic E-state index is 0. The summed E-state index contributed by atoms with van der Waals surface area (Å²) in [7, 11) is 0. The topological polar surface area (TPSA) is 94.5 Å². The molecule has 0 rings (SSSR count). The lowest BCUT2D eigenvalue weighted by Gasteiger charge is -0.413. The first kappa shape index (κ1) is 4680. The molecule has 0 aliphatic rings. The van der Waals surface area contributed by atoms with Crippen LogP contribution >= 0.6 is 0 Å². The van der Waals surface area contributed by atoms with Crippen LogP contribution in [0.1, 0.15) is 0 Å². The van der Waals surface area contributed by atoms with E-state index < -0.39 is 0 Å². The highest BCUT2D eigenvalue weighted by molar-refractivity contribution is 5.75. The summed E-state index contributed by atoms with van der Waals surface area (Å²) in [6, 6.07) is 0. The maximum atomic E-state index is 0. The lowest BCUT2D eigenvalue weighted by atomic mass is 10.8. The predicted octanol–water partition coefficient (Wildman–Crippen LogP) is -3.51. The molecule has 0 bridgehead atoms. The van der Waals surface area contributed by atoms with Gasteiger partial charge in [-0.25, -0.2) is 0 Å². The second-order valence-corrected chi connectivity index (χ2v) is 0. The van der Waals surface area contributed by atoms with Crippen molar-refractivity contribution >= 4 is 8.41 Å². The SMILES string of the molecule is B.F.O.O.O. The Morgan fingerprint density at radius 1 is 0.600 bits per heavy atom. The van der Waals surface area contributed by atoms with Gasteiger partial charge in [0.2, 0.25) is 0 Å². The summed E-state index contributed by atoms with van der Waals surface area (Å²) in [5.74, 6) is 0. The van der Waals surface area contributed by atoms with E-state index in [4.69, 9.17) is 0 Å². The Bertz CT molecular complexity index is 6.85. The smallest absolute Gasteiger partial charge is 0.0814 e. The van der Waals surface area contributed by atoms with Crippen LogP contribution in [0.4, 0.5) is 4.70 Å². The predicted molar refractivity (Wildman–Crippen MR) is 23.3 cm³/mol. The lowest BCUT2D eigenvalue weighted by Crippen LogP contribution is -0.381. The zero-order valence-electron chi connectivity index (χ0n) is 1.91. The van der Waals surface area contributed by atoms with E-state index in [1.165, 1.54) is 0 Å². The number of hydrogen-bond donors (Lipinski definition) is 0. The Labute approximate surface area is 30.9 Å². The molecule has 0 aromatic carbocycles. The van der Waals surface area contributed by atoms with Gasteiger partial charge >= 0.3 is 0 Å². The minimum absolute atomic E-state index is 0. The van der Waals surface area contributed by atoms with Gasteiger partial charge in [0.1, 0.15) is 0 Å². The van der Waals surface area contributed by atoms with Crippen LogP contribution < -0.4 is 0 Å². The molecule has 0 unspecified atom stereocenters. The van der Waals surface area contributed by atoms with Crippen molar-refractivity contribution in [2.24, 2.45) is 0 Å². The summed E-state index contributed by atoms with van der Waals surface area (Å²) in [4.78, 5) is 0. The van der Waals surface area contributed by atoms with E-state index in [1.54, 1.807) is 0 Å². The van der Waals surface area contributed by atoms with Crippen molar-refractivity contribution in [3.8, 4) is 0 Å². The molecule has 0 amide bonds. The molecular formula is H10BFO3. The third kappa shape index (κ3) is 871. The number of halogens is 1. The Hall–Kier alpha value is -0.125. The van der Waals surface area contributed by atoms with Crippen molar-refractivity contribution in [1.29, 1.82) is 0 Å². The van der Waals surface area contributed by atoms with Crippen molar-refractivity contribution in [2.45, 2.75) is 0 Å². The molecule has 0 aromatic heterocycles. The van der Waals surface area contributed by atoms with Crippen molar-refractivity contribution < 1.29 is 21.1 Å². The van der Waals surface area contributed by atoms with Crippen LogP contribution in [0.2, 0.25) is 0 Å². The quantitative estimate of drug-likeness (QED) is 0.274. The summed E-state index contributed by atoms with van der Waals surface area (Å²) in [5, 5.41) is 0. The van der Waals surface area contributed by atoms with Crippen LogP contribution in [0, 0.1) is 0 Å². The van der Waals surface area contributed by atoms with Crippen LogP contribution in [0.3, 0.4) is 0 Å². The molecule has 0 radical (unpaired) electrons. The Morgan fingerprint density at radius 3 is 0.600 bits per heavy atom. The highest BCUT2D eigenvalue weighted by Crippen LogP contribution is 0.420. The minimum Gasteiger partial charge on any atom is -0.412 e. The van der Waals surface area contributed by atoms with Gasteiger partial charge in [-0.3, -0.25) is 4.70 Å². The fraction of sp³-hybridized carbons (Fsp3) is 0. The third-order valence-electron chi connectivity index (χ3n) is 0. The van der Waals surface area contributed by atoms with Gasteiger partial charge in [0.15, 0.2) is 0 Å². The summed E-state index contributed by atoms with van der Waals surface area (Å²) in [6.07, 6.45) is 0. The Morgan fingerprint density at radius 2 is 0.600 bits per heavy atom. The zero-order chi connectivity index (χ0) is 0. The van der Waals surface area contributed by atoms with E-state index in [0.29, 0.717) is 0 Å². The van der Waals surface area contributed by atoms with Gasteiger partial charge in [0.25, 0.3) is 0 Å². The summed E-state index contributed by atoms with van der Waals surface area (Å²) in [6.45, 7) is 0. The molecule has 0 aromatic rings. The first-order chi connectivity index (χ1) is 0. The normalized spacial score (nSPS) is 0. The molecular weight excluding hydrogens is 77.8 g/mol. The van der Waals surface area contributed by atoms with Crippen LogP contribution in [0.5, 0.6) is 0 Å². The Kier molecular flexibility index (Phi) is 1920000. The number of rotatable bonds is 0. The van der Waals surface area contributed by atoms with Gasteiger partial charge in [0, 0.05) is 0 Å². The fourth-order valence-corrected chi connectivity index (χ4v) is 0. The van der Waals surface area contributed by atoms with Gasteiger partial charge in [0.05, 0.1) is 8.41 Å². The van der Waals surface area contributed by atoms with Crippen LogP contribution in [-0.4, -0.2) is 24.8 Å². The molecule has 5 heavy (non-hydrogen) atoms. The van der Waals surface area contributed by atoms with Gasteiger partial charge < -0.3 is 16.4 Å². The van der Waals surface area contributed by atoms with Gasteiger partial charge in [-0.05, 0) is 0 Å². The standard InChI is InChI=1S/BH3.FH.3H2O/h1H3;1H;3*1H2. The molecule has 0 aliphatic heterocycles. The third-order valence-corrected chi connectivity index (χ3v) is 0. The van der Waals surface area contributed by atoms with Crippen molar-refractivity contribution in [2.75, 3.05) is 0 Å². The van der Waals surface area contributed by atoms with Crippen molar-refractivity contribution in [1.82, 2.24) is 0 Å².